The van der Waals surface area contributed by atoms with Crippen LogP contribution in [-0.2, 0) is 6.54 Å². The van der Waals surface area contributed by atoms with Crippen LogP contribution in [0.1, 0.15) is 15.9 Å². The molecule has 0 atom stereocenters. The summed E-state index contributed by atoms with van der Waals surface area (Å²) in [6, 6.07) is 12.3. The van der Waals surface area contributed by atoms with E-state index in [9.17, 15) is 9.18 Å². The third-order valence-electron chi connectivity index (χ3n) is 4.53. The van der Waals surface area contributed by atoms with Crippen LogP contribution in [-0.4, -0.2) is 44.1 Å². The number of rotatable bonds is 4. The molecule has 0 aliphatic carbocycles. The van der Waals surface area contributed by atoms with Gasteiger partial charge >= 0.3 is 0 Å². The van der Waals surface area contributed by atoms with Crippen LogP contribution in [0.15, 0.2) is 46.9 Å². The Morgan fingerprint density at radius 2 is 1.96 bits per heavy atom. The van der Waals surface area contributed by atoms with E-state index in [4.69, 9.17) is 4.74 Å². The molecule has 0 bridgehead atoms. The van der Waals surface area contributed by atoms with Crippen LogP contribution in [0.2, 0.25) is 0 Å². The zero-order valence-electron chi connectivity index (χ0n) is 14.1. The fourth-order valence-corrected chi connectivity index (χ4v) is 3.70. The second-order valence-corrected chi connectivity index (χ2v) is 7.02. The highest BCUT2D eigenvalue weighted by Crippen LogP contribution is 2.25. The molecule has 2 aromatic carbocycles. The molecule has 25 heavy (non-hydrogen) atoms. The number of carbonyl (C=O) groups is 1. The number of methoxy groups -OCH3 is 1. The Balaban J connectivity index is 1.58. The lowest BCUT2D eigenvalue weighted by atomic mass is 10.1. The fourth-order valence-electron chi connectivity index (χ4n) is 3.12. The van der Waals surface area contributed by atoms with Gasteiger partial charge in [0.15, 0.2) is 0 Å². The lowest BCUT2D eigenvalue weighted by Crippen LogP contribution is -3.13. The standard InChI is InChI=1S/C19H20BrFN2O2/c1-25-18-7-6-14(12-16(18)20)13-22-8-10-23(11-9-22)19(24)15-4-2-3-5-17(15)21/h2-7,12H,8-11,13H2,1H3/p+1. The maximum atomic E-state index is 13.8. The van der Waals surface area contributed by atoms with Crippen LogP contribution in [0.4, 0.5) is 4.39 Å². The number of ether oxygens (including phenoxy) is 1. The first-order chi connectivity index (χ1) is 12.1. The van der Waals surface area contributed by atoms with E-state index in [2.05, 4.69) is 28.1 Å². The molecule has 1 aliphatic rings. The summed E-state index contributed by atoms with van der Waals surface area (Å²) < 4.78 is 20.0. The van der Waals surface area contributed by atoms with Gasteiger partial charge in [-0.25, -0.2) is 4.39 Å². The van der Waals surface area contributed by atoms with Gasteiger partial charge in [0.05, 0.1) is 43.3 Å². The third kappa shape index (κ3) is 4.19. The molecule has 4 nitrogen and oxygen atoms in total. The van der Waals surface area contributed by atoms with E-state index >= 15 is 0 Å². The van der Waals surface area contributed by atoms with Crippen molar-refractivity contribution in [2.75, 3.05) is 33.3 Å². The summed E-state index contributed by atoms with van der Waals surface area (Å²) in [6.07, 6.45) is 0. The fraction of sp³-hybridized carbons (Fsp3) is 0.316. The number of nitrogens with one attached hydrogen (secondary N) is 1. The Labute approximate surface area is 155 Å². The minimum atomic E-state index is -0.453. The molecule has 1 aliphatic heterocycles. The first kappa shape index (κ1) is 17.9. The normalized spacial score (nSPS) is 15.2. The molecule has 1 amide bonds. The zero-order chi connectivity index (χ0) is 17.8. The number of piperazine rings is 1. The molecular weight excluding hydrogens is 387 g/mol. The quantitative estimate of drug-likeness (QED) is 0.842. The van der Waals surface area contributed by atoms with Crippen LogP contribution in [0.5, 0.6) is 5.75 Å². The smallest absolute Gasteiger partial charge is 0.257 e. The lowest BCUT2D eigenvalue weighted by Gasteiger charge is -2.32. The average molecular weight is 408 g/mol. The van der Waals surface area contributed by atoms with Gasteiger partial charge in [0, 0.05) is 5.56 Å². The van der Waals surface area contributed by atoms with E-state index in [1.54, 1.807) is 30.2 Å². The number of nitrogens with zero attached hydrogens (tertiary/aromatic N) is 1. The molecule has 0 aromatic heterocycles. The molecule has 1 fully saturated rings. The molecule has 0 saturated carbocycles. The number of halogens is 2. The molecule has 3 rings (SSSR count). The topological polar surface area (TPSA) is 34.0 Å². The molecule has 2 aromatic rings. The SMILES string of the molecule is COc1ccc(C[NH+]2CCN(C(=O)c3ccccc3F)CC2)cc1Br. The van der Waals surface area contributed by atoms with E-state index in [-0.39, 0.29) is 11.5 Å². The molecule has 0 unspecified atom stereocenters. The van der Waals surface area contributed by atoms with Crippen molar-refractivity contribution < 1.29 is 18.8 Å². The summed E-state index contributed by atoms with van der Waals surface area (Å²) in [6.45, 7) is 3.87. The molecule has 0 radical (unpaired) electrons. The highest BCUT2D eigenvalue weighted by atomic mass is 79.9. The molecule has 1 N–H and O–H groups in total. The van der Waals surface area contributed by atoms with Crippen molar-refractivity contribution in [3.8, 4) is 5.75 Å². The highest BCUT2D eigenvalue weighted by molar-refractivity contribution is 9.10. The predicted molar refractivity (Wildman–Crippen MR) is 97.4 cm³/mol. The van der Waals surface area contributed by atoms with E-state index in [0.717, 1.165) is 29.9 Å². The predicted octanol–water partition coefficient (Wildman–Crippen LogP) is 2.14. The van der Waals surface area contributed by atoms with Gasteiger partial charge in [-0.2, -0.15) is 0 Å². The number of hydrogen-bond donors (Lipinski definition) is 1. The minimum absolute atomic E-state index is 0.157. The van der Waals surface area contributed by atoms with Crippen LogP contribution in [0.25, 0.3) is 0 Å². The van der Waals surface area contributed by atoms with Gasteiger partial charge in [-0.1, -0.05) is 12.1 Å². The lowest BCUT2D eigenvalue weighted by molar-refractivity contribution is -0.917. The van der Waals surface area contributed by atoms with Crippen molar-refractivity contribution in [1.82, 2.24) is 4.90 Å². The Hall–Kier alpha value is -1.92. The summed E-state index contributed by atoms with van der Waals surface area (Å²) in [5.41, 5.74) is 1.38. The van der Waals surface area contributed by atoms with Crippen molar-refractivity contribution in [2.45, 2.75) is 6.54 Å². The molecule has 1 heterocycles. The first-order valence-electron chi connectivity index (χ1n) is 8.28. The van der Waals surface area contributed by atoms with Crippen molar-refractivity contribution in [2.24, 2.45) is 0 Å². The molecule has 6 heteroatoms. The van der Waals surface area contributed by atoms with Gasteiger partial charge in [0.25, 0.3) is 5.91 Å². The average Bonchev–Trinajstić information content (AvgIpc) is 2.62. The van der Waals surface area contributed by atoms with Crippen LogP contribution < -0.4 is 9.64 Å². The monoisotopic (exact) mass is 407 g/mol. The number of quaternary nitrogens is 1. The molecule has 0 spiro atoms. The summed E-state index contributed by atoms with van der Waals surface area (Å²) in [4.78, 5) is 15.6. The highest BCUT2D eigenvalue weighted by Gasteiger charge is 2.26. The maximum Gasteiger partial charge on any atom is 0.257 e. The summed E-state index contributed by atoms with van der Waals surface area (Å²) >= 11 is 3.51. The van der Waals surface area contributed by atoms with E-state index in [1.807, 2.05) is 6.07 Å². The minimum Gasteiger partial charge on any atom is -0.496 e. The van der Waals surface area contributed by atoms with Gasteiger partial charge in [0.2, 0.25) is 0 Å². The van der Waals surface area contributed by atoms with E-state index in [0.29, 0.717) is 13.1 Å². The van der Waals surface area contributed by atoms with Crippen LogP contribution in [0.3, 0.4) is 0 Å². The molecule has 132 valence electrons. The van der Waals surface area contributed by atoms with Gasteiger partial charge in [0.1, 0.15) is 18.1 Å². The van der Waals surface area contributed by atoms with Gasteiger partial charge in [-0.05, 0) is 46.3 Å². The molecule has 1 saturated heterocycles. The van der Waals surface area contributed by atoms with Crippen molar-refractivity contribution in [3.05, 3.63) is 63.9 Å². The molecular formula is C19H21BrFN2O2+. The largest absolute Gasteiger partial charge is 0.496 e. The summed E-state index contributed by atoms with van der Waals surface area (Å²) in [7, 11) is 1.65. The van der Waals surface area contributed by atoms with Crippen molar-refractivity contribution in [3.63, 3.8) is 0 Å². The summed E-state index contributed by atoms with van der Waals surface area (Å²) in [5, 5.41) is 0. The number of carbonyl (C=O) groups excluding carboxylic acids is 1. The van der Waals surface area contributed by atoms with E-state index < -0.39 is 5.82 Å². The van der Waals surface area contributed by atoms with Gasteiger partial charge < -0.3 is 14.5 Å². The van der Waals surface area contributed by atoms with Gasteiger partial charge in [-0.15, -0.1) is 0 Å². The summed E-state index contributed by atoms with van der Waals surface area (Å²) in [5.74, 6) is 0.147. The van der Waals surface area contributed by atoms with Crippen molar-refractivity contribution >= 4 is 21.8 Å². The van der Waals surface area contributed by atoms with Gasteiger partial charge in [-0.3, -0.25) is 4.79 Å². The second-order valence-electron chi connectivity index (χ2n) is 6.17. The maximum absolute atomic E-state index is 13.8. The zero-order valence-corrected chi connectivity index (χ0v) is 15.7. The Bertz CT molecular complexity index is 761. The van der Waals surface area contributed by atoms with Crippen molar-refractivity contribution in [1.29, 1.82) is 0 Å². The Morgan fingerprint density at radius 3 is 2.60 bits per heavy atom. The second kappa shape index (κ2) is 7.97. The van der Waals surface area contributed by atoms with Crippen LogP contribution >= 0.6 is 15.9 Å². The Morgan fingerprint density at radius 1 is 1.24 bits per heavy atom. The third-order valence-corrected chi connectivity index (χ3v) is 5.15. The number of hydrogen-bond acceptors (Lipinski definition) is 2. The first-order valence-corrected chi connectivity index (χ1v) is 9.07. The Kier molecular flexibility index (Phi) is 5.71. The van der Waals surface area contributed by atoms with Crippen LogP contribution in [0, 0.1) is 5.82 Å². The number of amides is 1. The van der Waals surface area contributed by atoms with E-state index in [1.165, 1.54) is 16.5 Å². The number of benzene rings is 2.